The summed E-state index contributed by atoms with van der Waals surface area (Å²) in [6.07, 6.45) is 5.13. The number of carbonyl (C=O) groups is 1. The molecule has 0 aromatic heterocycles. The van der Waals surface area contributed by atoms with E-state index in [1.807, 2.05) is 13.0 Å². The molecule has 0 aliphatic rings. The van der Waals surface area contributed by atoms with Crippen LogP contribution < -0.4 is 10.0 Å². The van der Waals surface area contributed by atoms with Crippen LogP contribution in [0.25, 0.3) is 0 Å². The maximum atomic E-state index is 12.7. The summed E-state index contributed by atoms with van der Waals surface area (Å²) in [6, 6.07) is 11.6. The smallest absolute Gasteiger partial charge is 0.262 e. The first kappa shape index (κ1) is 17.6. The molecular weight excluding hydrogens is 324 g/mol. The number of aryl methyl sites for hydroxylation is 2. The van der Waals surface area contributed by atoms with Crippen molar-refractivity contribution < 1.29 is 13.2 Å². The average molecular weight is 342 g/mol. The van der Waals surface area contributed by atoms with Gasteiger partial charge in [-0.05, 0) is 43.2 Å². The zero-order valence-corrected chi connectivity index (χ0v) is 14.3. The number of hydrogen-bond acceptors (Lipinski definition) is 3. The van der Waals surface area contributed by atoms with Gasteiger partial charge in [-0.25, -0.2) is 8.42 Å². The van der Waals surface area contributed by atoms with Crippen LogP contribution in [0.3, 0.4) is 0 Å². The Labute approximate surface area is 142 Å². The van der Waals surface area contributed by atoms with Crippen LogP contribution in [0.4, 0.5) is 5.69 Å². The van der Waals surface area contributed by atoms with Crippen molar-refractivity contribution in [1.82, 2.24) is 5.32 Å². The maximum Gasteiger partial charge on any atom is 0.262 e. The van der Waals surface area contributed by atoms with E-state index in [1.165, 1.54) is 12.1 Å². The molecule has 2 N–H and O–H groups in total. The molecule has 0 spiro atoms. The summed E-state index contributed by atoms with van der Waals surface area (Å²) in [4.78, 5) is 12.3. The number of benzene rings is 2. The van der Waals surface area contributed by atoms with Gasteiger partial charge in [-0.2, -0.15) is 0 Å². The molecule has 2 aromatic rings. The van der Waals surface area contributed by atoms with Crippen LogP contribution in [-0.2, 0) is 10.0 Å². The van der Waals surface area contributed by atoms with Crippen molar-refractivity contribution in [2.24, 2.45) is 0 Å². The van der Waals surface area contributed by atoms with Gasteiger partial charge in [-0.15, -0.1) is 6.42 Å². The summed E-state index contributed by atoms with van der Waals surface area (Å²) in [7, 11) is -3.81. The normalized spacial score (nSPS) is 10.7. The Morgan fingerprint density at radius 1 is 1.17 bits per heavy atom. The molecule has 0 aliphatic carbocycles. The second-order valence-corrected chi connectivity index (χ2v) is 6.96. The van der Waals surface area contributed by atoms with Gasteiger partial charge in [0.05, 0.1) is 22.7 Å². The molecule has 24 heavy (non-hydrogen) atoms. The van der Waals surface area contributed by atoms with E-state index < -0.39 is 15.9 Å². The third-order valence-corrected chi connectivity index (χ3v) is 4.91. The summed E-state index contributed by atoms with van der Waals surface area (Å²) >= 11 is 0. The van der Waals surface area contributed by atoms with Crippen LogP contribution >= 0.6 is 0 Å². The van der Waals surface area contributed by atoms with Crippen molar-refractivity contribution in [2.75, 3.05) is 11.3 Å². The number of anilines is 1. The summed E-state index contributed by atoms with van der Waals surface area (Å²) in [5, 5.41) is 2.53. The third kappa shape index (κ3) is 3.94. The van der Waals surface area contributed by atoms with Gasteiger partial charge in [0.2, 0.25) is 0 Å². The van der Waals surface area contributed by atoms with E-state index in [0.29, 0.717) is 5.56 Å². The van der Waals surface area contributed by atoms with E-state index >= 15 is 0 Å². The Morgan fingerprint density at radius 2 is 1.88 bits per heavy atom. The molecule has 0 saturated heterocycles. The Hall–Kier alpha value is -2.78. The molecular formula is C18H18N2O3S. The van der Waals surface area contributed by atoms with Gasteiger partial charge in [0.1, 0.15) is 0 Å². The number of amides is 1. The lowest BCUT2D eigenvalue weighted by atomic mass is 10.1. The highest BCUT2D eigenvalue weighted by Crippen LogP contribution is 2.23. The molecule has 0 atom stereocenters. The Kier molecular flexibility index (Phi) is 5.27. The molecule has 5 nitrogen and oxygen atoms in total. The van der Waals surface area contributed by atoms with Gasteiger partial charge in [-0.1, -0.05) is 30.2 Å². The molecule has 6 heteroatoms. The quantitative estimate of drug-likeness (QED) is 0.820. The molecule has 2 aromatic carbocycles. The van der Waals surface area contributed by atoms with Crippen molar-refractivity contribution in [3.63, 3.8) is 0 Å². The van der Waals surface area contributed by atoms with Gasteiger partial charge < -0.3 is 5.32 Å². The number of para-hydroxylation sites is 1. The fraction of sp³-hybridized carbons (Fsp3) is 0.167. The van der Waals surface area contributed by atoms with E-state index in [2.05, 4.69) is 16.0 Å². The van der Waals surface area contributed by atoms with Gasteiger partial charge in [0, 0.05) is 0 Å². The number of hydrogen-bond donors (Lipinski definition) is 2. The first-order valence-corrected chi connectivity index (χ1v) is 8.74. The summed E-state index contributed by atoms with van der Waals surface area (Å²) in [6.45, 7) is 3.61. The van der Waals surface area contributed by atoms with Gasteiger partial charge >= 0.3 is 0 Å². The van der Waals surface area contributed by atoms with Gasteiger partial charge in [-0.3, -0.25) is 9.52 Å². The van der Waals surface area contributed by atoms with Crippen molar-refractivity contribution in [3.05, 3.63) is 59.2 Å². The molecule has 1 amide bonds. The Morgan fingerprint density at radius 3 is 2.58 bits per heavy atom. The average Bonchev–Trinajstić information content (AvgIpc) is 2.55. The predicted octanol–water partition coefficient (Wildman–Crippen LogP) is 2.47. The lowest BCUT2D eigenvalue weighted by Crippen LogP contribution is -2.25. The number of sulfonamides is 1. The van der Waals surface area contributed by atoms with Crippen LogP contribution in [-0.4, -0.2) is 20.9 Å². The van der Waals surface area contributed by atoms with Crippen LogP contribution in [0.15, 0.2) is 47.4 Å². The summed E-state index contributed by atoms with van der Waals surface area (Å²) < 4.78 is 27.9. The van der Waals surface area contributed by atoms with E-state index in [0.717, 1.165) is 5.56 Å². The number of rotatable bonds is 5. The second kappa shape index (κ2) is 7.20. The molecule has 0 unspecified atom stereocenters. The number of carbonyl (C=O) groups excluding carboxylic acids is 1. The van der Waals surface area contributed by atoms with Crippen LogP contribution in [0, 0.1) is 26.2 Å². The minimum Gasteiger partial charge on any atom is -0.341 e. The monoisotopic (exact) mass is 342 g/mol. The SMILES string of the molecule is C#CCNC(=O)c1ccccc1NS(=O)(=O)c1cc(C)ccc1C. The highest BCUT2D eigenvalue weighted by Gasteiger charge is 2.20. The molecule has 124 valence electrons. The predicted molar refractivity (Wildman–Crippen MR) is 94.3 cm³/mol. The fourth-order valence-corrected chi connectivity index (χ4v) is 3.60. The first-order valence-electron chi connectivity index (χ1n) is 7.26. The number of nitrogens with one attached hydrogen (secondary N) is 2. The second-order valence-electron chi connectivity index (χ2n) is 5.31. The lowest BCUT2D eigenvalue weighted by molar-refractivity contribution is 0.0959. The molecule has 0 saturated carbocycles. The van der Waals surface area contributed by atoms with E-state index in [9.17, 15) is 13.2 Å². The summed E-state index contributed by atoms with van der Waals surface area (Å²) in [5.41, 5.74) is 1.87. The van der Waals surface area contributed by atoms with Crippen molar-refractivity contribution in [2.45, 2.75) is 18.7 Å². The fourth-order valence-electron chi connectivity index (χ4n) is 2.19. The molecule has 0 heterocycles. The van der Waals surface area contributed by atoms with E-state index in [4.69, 9.17) is 6.42 Å². The Bertz CT molecular complexity index is 912. The maximum absolute atomic E-state index is 12.7. The minimum atomic E-state index is -3.81. The first-order chi connectivity index (χ1) is 11.3. The highest BCUT2D eigenvalue weighted by molar-refractivity contribution is 7.92. The topological polar surface area (TPSA) is 75.3 Å². The molecule has 0 aliphatic heterocycles. The molecule has 0 fully saturated rings. The van der Waals surface area contributed by atoms with Gasteiger partial charge in [0.15, 0.2) is 0 Å². The standard InChI is InChI=1S/C18H18N2O3S/c1-4-11-19-18(21)15-7-5-6-8-16(15)20-24(22,23)17-12-13(2)9-10-14(17)3/h1,5-10,12,20H,11H2,2-3H3,(H,19,21). The largest absolute Gasteiger partial charge is 0.341 e. The third-order valence-electron chi connectivity index (χ3n) is 3.40. The van der Waals surface area contributed by atoms with Crippen LogP contribution in [0.1, 0.15) is 21.5 Å². The van der Waals surface area contributed by atoms with Crippen molar-refractivity contribution in [1.29, 1.82) is 0 Å². The molecule has 0 radical (unpaired) electrons. The summed E-state index contributed by atoms with van der Waals surface area (Å²) in [5.74, 6) is 1.87. The molecule has 0 bridgehead atoms. The van der Waals surface area contributed by atoms with Crippen LogP contribution in [0.2, 0.25) is 0 Å². The number of terminal acetylenes is 1. The zero-order valence-electron chi connectivity index (χ0n) is 13.5. The van der Waals surface area contributed by atoms with E-state index in [1.54, 1.807) is 31.2 Å². The molecule has 2 rings (SSSR count). The zero-order chi connectivity index (χ0) is 17.7. The van der Waals surface area contributed by atoms with Crippen LogP contribution in [0.5, 0.6) is 0 Å². The Balaban J connectivity index is 2.39. The van der Waals surface area contributed by atoms with Gasteiger partial charge in [0.25, 0.3) is 15.9 Å². The van der Waals surface area contributed by atoms with E-state index in [-0.39, 0.29) is 22.7 Å². The highest BCUT2D eigenvalue weighted by atomic mass is 32.2. The van der Waals surface area contributed by atoms with Crippen molar-refractivity contribution >= 4 is 21.6 Å². The lowest BCUT2D eigenvalue weighted by Gasteiger charge is -2.14. The minimum absolute atomic E-state index is 0.0664. The van der Waals surface area contributed by atoms with Crippen molar-refractivity contribution in [3.8, 4) is 12.3 Å².